The molecular weight excluding hydrogens is 460 g/mol. The minimum absolute atomic E-state index is 0.0450. The molecule has 5 nitrogen and oxygen atoms in total. The molecule has 37 heavy (non-hydrogen) atoms. The van der Waals surface area contributed by atoms with E-state index in [1.54, 1.807) is 0 Å². The number of aromatic nitrogens is 2. The van der Waals surface area contributed by atoms with E-state index in [1.807, 2.05) is 36.7 Å². The molecule has 0 amide bonds. The monoisotopic (exact) mass is 504 g/mol. The molecule has 0 saturated carbocycles. The van der Waals surface area contributed by atoms with Gasteiger partial charge >= 0.3 is 0 Å². The van der Waals surface area contributed by atoms with Gasteiger partial charge in [-0.1, -0.05) is 35.4 Å². The minimum atomic E-state index is -0.147. The third-order valence-corrected chi connectivity index (χ3v) is 7.65. The van der Waals surface area contributed by atoms with Crippen molar-refractivity contribution < 1.29 is 14.2 Å². The van der Waals surface area contributed by atoms with E-state index in [9.17, 15) is 0 Å². The van der Waals surface area contributed by atoms with E-state index in [0.29, 0.717) is 12.2 Å². The van der Waals surface area contributed by atoms with Crippen LogP contribution in [-0.2, 0) is 14.2 Å². The van der Waals surface area contributed by atoms with Crippen LogP contribution in [0.1, 0.15) is 104 Å². The lowest BCUT2D eigenvalue weighted by atomic mass is 10.0. The summed E-state index contributed by atoms with van der Waals surface area (Å²) < 4.78 is 18.3. The second-order valence-corrected chi connectivity index (χ2v) is 11.7. The van der Waals surface area contributed by atoms with Gasteiger partial charge in [0.2, 0.25) is 0 Å². The van der Waals surface area contributed by atoms with Gasteiger partial charge in [-0.25, -0.2) is 0 Å². The summed E-state index contributed by atoms with van der Waals surface area (Å²) in [5.41, 5.74) is 4.73. The van der Waals surface area contributed by atoms with Crippen LogP contribution in [0.2, 0.25) is 0 Å². The van der Waals surface area contributed by atoms with Crippen molar-refractivity contribution in [3.8, 4) is 0 Å². The SMILES string of the molecule is CC(=CCC(OC(CC=C(C)CCC1OC1(C)C)c1ccccn1)c1ccccn1)CCC1OC1(C)C. The molecule has 2 aliphatic heterocycles. The number of nitrogens with zero attached hydrogens (tertiary/aromatic N) is 2. The quantitative estimate of drug-likeness (QED) is 0.193. The van der Waals surface area contributed by atoms with E-state index in [2.05, 4.69) is 75.8 Å². The van der Waals surface area contributed by atoms with Gasteiger partial charge in [0.25, 0.3) is 0 Å². The molecule has 4 heterocycles. The molecule has 2 aromatic heterocycles. The minimum Gasteiger partial charge on any atom is -0.367 e. The van der Waals surface area contributed by atoms with Crippen LogP contribution in [0.5, 0.6) is 0 Å². The molecule has 2 fully saturated rings. The first-order valence-electron chi connectivity index (χ1n) is 13.8. The van der Waals surface area contributed by atoms with Gasteiger partial charge in [-0.05, 0) is 104 Å². The highest BCUT2D eigenvalue weighted by Gasteiger charge is 2.47. The average molecular weight is 505 g/mol. The second-order valence-electron chi connectivity index (χ2n) is 11.7. The normalized spacial score (nSPS) is 23.9. The molecule has 0 aliphatic carbocycles. The summed E-state index contributed by atoms with van der Waals surface area (Å²) in [6.45, 7) is 13.1. The molecule has 0 spiro atoms. The Morgan fingerprint density at radius 1 is 0.784 bits per heavy atom. The van der Waals surface area contributed by atoms with Gasteiger partial charge in [0.05, 0.1) is 34.8 Å². The molecular formula is C32H44N2O3. The maximum absolute atomic E-state index is 6.80. The van der Waals surface area contributed by atoms with Gasteiger partial charge in [-0.15, -0.1) is 0 Å². The van der Waals surface area contributed by atoms with Crippen molar-refractivity contribution in [2.45, 2.75) is 116 Å². The molecule has 200 valence electrons. The van der Waals surface area contributed by atoms with E-state index in [1.165, 1.54) is 11.1 Å². The highest BCUT2D eigenvalue weighted by molar-refractivity contribution is 5.14. The van der Waals surface area contributed by atoms with Gasteiger partial charge in [0.15, 0.2) is 0 Å². The predicted octanol–water partition coefficient (Wildman–Crippen LogP) is 7.86. The van der Waals surface area contributed by atoms with Crippen LogP contribution in [-0.4, -0.2) is 33.4 Å². The summed E-state index contributed by atoms with van der Waals surface area (Å²) in [6, 6.07) is 12.1. The number of hydrogen-bond donors (Lipinski definition) is 0. The van der Waals surface area contributed by atoms with E-state index in [4.69, 9.17) is 14.2 Å². The highest BCUT2D eigenvalue weighted by Crippen LogP contribution is 2.40. The molecule has 4 atom stereocenters. The van der Waals surface area contributed by atoms with Crippen LogP contribution >= 0.6 is 0 Å². The molecule has 5 heteroatoms. The summed E-state index contributed by atoms with van der Waals surface area (Å²) in [7, 11) is 0. The lowest BCUT2D eigenvalue weighted by Gasteiger charge is -2.24. The number of ether oxygens (including phenoxy) is 3. The molecule has 4 unspecified atom stereocenters. The molecule has 0 radical (unpaired) electrons. The van der Waals surface area contributed by atoms with Crippen LogP contribution in [0.25, 0.3) is 0 Å². The van der Waals surface area contributed by atoms with Crippen molar-refractivity contribution in [1.82, 2.24) is 9.97 Å². The zero-order valence-electron chi connectivity index (χ0n) is 23.4. The standard InChI is InChI=1S/C32H44N2O3/c1-23(15-19-29-31(3,4)36-29)13-17-27(25-11-7-9-21-33-25)35-28(26-12-8-10-22-34-26)18-14-24(2)16-20-30-32(5,6)37-30/h7-14,21-22,27-30H,15-20H2,1-6H3. The summed E-state index contributed by atoms with van der Waals surface area (Å²) in [5, 5.41) is 0. The fraction of sp³-hybridized carbons (Fsp3) is 0.562. The Balaban J connectivity index is 1.43. The molecule has 0 aromatic carbocycles. The number of hydrogen-bond acceptors (Lipinski definition) is 5. The predicted molar refractivity (Wildman–Crippen MR) is 148 cm³/mol. The molecule has 4 rings (SSSR count). The first-order chi connectivity index (χ1) is 17.6. The Hall–Kier alpha value is -2.34. The lowest BCUT2D eigenvalue weighted by Crippen LogP contribution is -2.12. The summed E-state index contributed by atoms with van der Waals surface area (Å²) >= 11 is 0. The van der Waals surface area contributed by atoms with Gasteiger partial charge < -0.3 is 14.2 Å². The number of pyridine rings is 2. The third-order valence-electron chi connectivity index (χ3n) is 7.65. The fourth-order valence-corrected chi connectivity index (χ4v) is 4.84. The summed E-state index contributed by atoms with van der Waals surface area (Å²) in [6.07, 6.45) is 14.5. The van der Waals surface area contributed by atoms with Gasteiger partial charge in [0.1, 0.15) is 12.2 Å². The van der Waals surface area contributed by atoms with Crippen molar-refractivity contribution in [3.05, 3.63) is 83.5 Å². The summed E-state index contributed by atoms with van der Waals surface area (Å²) in [4.78, 5) is 9.30. The maximum Gasteiger partial charge on any atom is 0.104 e. The highest BCUT2D eigenvalue weighted by atomic mass is 16.6. The van der Waals surface area contributed by atoms with E-state index in [0.717, 1.165) is 49.9 Å². The fourth-order valence-electron chi connectivity index (χ4n) is 4.84. The number of epoxide rings is 2. The van der Waals surface area contributed by atoms with Gasteiger partial charge in [-0.3, -0.25) is 9.97 Å². The Labute approximate surface area is 223 Å². The van der Waals surface area contributed by atoms with E-state index < -0.39 is 0 Å². The van der Waals surface area contributed by atoms with Crippen molar-refractivity contribution in [2.75, 3.05) is 0 Å². The molecule has 2 saturated heterocycles. The van der Waals surface area contributed by atoms with Crippen LogP contribution in [0.4, 0.5) is 0 Å². The van der Waals surface area contributed by atoms with E-state index >= 15 is 0 Å². The maximum atomic E-state index is 6.80. The van der Waals surface area contributed by atoms with Crippen LogP contribution in [0.3, 0.4) is 0 Å². The van der Waals surface area contributed by atoms with Gasteiger partial charge in [-0.2, -0.15) is 0 Å². The molecule has 2 aromatic rings. The molecule has 0 N–H and O–H groups in total. The average Bonchev–Trinajstić information content (AvgIpc) is 3.73. The zero-order chi connectivity index (χ0) is 26.5. The lowest BCUT2D eigenvalue weighted by molar-refractivity contribution is -0.0167. The Bertz CT molecular complexity index is 976. The number of rotatable bonds is 14. The topological polar surface area (TPSA) is 60.1 Å². The van der Waals surface area contributed by atoms with Crippen molar-refractivity contribution >= 4 is 0 Å². The van der Waals surface area contributed by atoms with Crippen LogP contribution in [0, 0.1) is 0 Å². The van der Waals surface area contributed by atoms with Crippen molar-refractivity contribution in [3.63, 3.8) is 0 Å². The van der Waals surface area contributed by atoms with Crippen LogP contribution < -0.4 is 0 Å². The smallest absolute Gasteiger partial charge is 0.104 e. The second kappa shape index (κ2) is 12.0. The molecule has 2 aliphatic rings. The molecule has 0 bridgehead atoms. The Morgan fingerprint density at radius 2 is 1.19 bits per heavy atom. The Morgan fingerprint density at radius 3 is 1.51 bits per heavy atom. The Kier molecular flexibility index (Phi) is 8.99. The largest absolute Gasteiger partial charge is 0.367 e. The first-order valence-corrected chi connectivity index (χ1v) is 13.8. The van der Waals surface area contributed by atoms with Crippen molar-refractivity contribution in [1.29, 1.82) is 0 Å². The summed E-state index contributed by atoms with van der Waals surface area (Å²) in [5.74, 6) is 0. The first kappa shape index (κ1) is 27.7. The van der Waals surface area contributed by atoms with Crippen LogP contribution in [0.15, 0.2) is 72.1 Å². The number of allylic oxidation sites excluding steroid dienone is 2. The third kappa shape index (κ3) is 8.33. The van der Waals surface area contributed by atoms with Crippen molar-refractivity contribution in [2.24, 2.45) is 0 Å². The zero-order valence-corrected chi connectivity index (χ0v) is 23.4. The van der Waals surface area contributed by atoms with Gasteiger partial charge in [0, 0.05) is 12.4 Å². The van der Waals surface area contributed by atoms with E-state index in [-0.39, 0.29) is 23.4 Å².